The number of ether oxygens (including phenoxy) is 4. The molecular formula is C68H132O17P2. The van der Waals surface area contributed by atoms with Gasteiger partial charge in [-0.25, -0.2) is 9.13 Å². The molecule has 0 aliphatic carbocycles. The van der Waals surface area contributed by atoms with E-state index < -0.39 is 97.5 Å². The molecule has 0 amide bonds. The largest absolute Gasteiger partial charge is 0.472 e. The molecule has 0 aromatic rings. The van der Waals surface area contributed by atoms with Gasteiger partial charge in [0, 0.05) is 25.7 Å². The molecular weight excluding hydrogens is 1150 g/mol. The summed E-state index contributed by atoms with van der Waals surface area (Å²) >= 11 is 0. The summed E-state index contributed by atoms with van der Waals surface area (Å²) in [5.41, 5.74) is 0. The quantitative estimate of drug-likeness (QED) is 0.0222. The first kappa shape index (κ1) is 85.1. The molecule has 0 spiro atoms. The highest BCUT2D eigenvalue weighted by Gasteiger charge is 2.30. The van der Waals surface area contributed by atoms with Gasteiger partial charge in [0.2, 0.25) is 0 Å². The normalized spacial score (nSPS) is 14.6. The van der Waals surface area contributed by atoms with Crippen LogP contribution in [0.15, 0.2) is 0 Å². The van der Waals surface area contributed by atoms with Crippen LogP contribution in [-0.4, -0.2) is 96.7 Å². The molecule has 87 heavy (non-hydrogen) atoms. The van der Waals surface area contributed by atoms with Crippen LogP contribution in [-0.2, 0) is 65.4 Å². The first-order valence-corrected chi connectivity index (χ1v) is 38.2. The van der Waals surface area contributed by atoms with E-state index >= 15 is 0 Å². The molecule has 6 atom stereocenters. The third-order valence-corrected chi connectivity index (χ3v) is 17.8. The average Bonchev–Trinajstić information content (AvgIpc) is 3.62. The van der Waals surface area contributed by atoms with Crippen LogP contribution < -0.4 is 0 Å². The van der Waals surface area contributed by atoms with Crippen molar-refractivity contribution in [3.05, 3.63) is 0 Å². The standard InChI is InChI=1S/C68H132O17P2/c1-9-61(8)47-39-31-26-27-33-41-49-66(71)79-55-64(84-67(72)50-42-34-24-17-13-11-10-12-15-20-28-36-44-58(2)3)57-83-87(76,77)81-53-62(69)52-80-86(74,75)82-56-63(85-68(73)51-43-35-25-19-22-30-38-46-60(6)7)54-78-65(70)48-40-32-23-18-14-16-21-29-37-45-59(4)5/h58-64,69H,9-57H2,1-8H3,(H,74,75)(H,76,77)/t61?,62-,63-,64-/m1/s1. The number of phosphoric ester groups is 2. The molecule has 3 N–H and O–H groups in total. The van der Waals surface area contributed by atoms with Gasteiger partial charge in [-0.05, 0) is 49.4 Å². The van der Waals surface area contributed by atoms with E-state index in [1.54, 1.807) is 0 Å². The van der Waals surface area contributed by atoms with Crippen LogP contribution >= 0.6 is 15.6 Å². The monoisotopic (exact) mass is 1280 g/mol. The molecule has 0 aliphatic rings. The van der Waals surface area contributed by atoms with E-state index in [0.717, 1.165) is 114 Å². The van der Waals surface area contributed by atoms with Gasteiger partial charge < -0.3 is 33.8 Å². The number of carbonyl (C=O) groups excluding carboxylic acids is 4. The second-order valence-electron chi connectivity index (χ2n) is 26.2. The average molecular weight is 1280 g/mol. The van der Waals surface area contributed by atoms with Crippen molar-refractivity contribution < 1.29 is 80.2 Å². The van der Waals surface area contributed by atoms with Crippen molar-refractivity contribution >= 4 is 39.5 Å². The molecule has 0 aliphatic heterocycles. The SMILES string of the molecule is CCC(C)CCCCCCCCC(=O)OC[C@H](COP(=O)(O)OC[C@H](O)COP(=O)(O)OC[C@@H](COC(=O)CCCCCCCCCCCC(C)C)OC(=O)CCCCCCCCCC(C)C)OC(=O)CCCCCCCCCCCCCCC(C)C. The van der Waals surface area contributed by atoms with Crippen molar-refractivity contribution in [2.45, 2.75) is 350 Å². The lowest BCUT2D eigenvalue weighted by Gasteiger charge is -2.21. The summed E-state index contributed by atoms with van der Waals surface area (Å²) in [6.45, 7) is 14.0. The van der Waals surface area contributed by atoms with E-state index in [4.69, 9.17) is 37.0 Å². The zero-order valence-corrected chi connectivity index (χ0v) is 58.4. The summed E-state index contributed by atoms with van der Waals surface area (Å²) in [6.07, 6.45) is 39.0. The molecule has 0 heterocycles. The van der Waals surface area contributed by atoms with Gasteiger partial charge in [0.25, 0.3) is 0 Å². The highest BCUT2D eigenvalue weighted by Crippen LogP contribution is 2.45. The number of aliphatic hydroxyl groups excluding tert-OH is 1. The molecule has 0 rings (SSSR count). The van der Waals surface area contributed by atoms with Gasteiger partial charge in [-0.2, -0.15) is 0 Å². The van der Waals surface area contributed by atoms with Crippen LogP contribution in [0, 0.1) is 23.7 Å². The molecule has 0 radical (unpaired) electrons. The second-order valence-corrected chi connectivity index (χ2v) is 29.1. The lowest BCUT2D eigenvalue weighted by molar-refractivity contribution is -0.161. The number of aliphatic hydroxyl groups is 1. The fourth-order valence-electron chi connectivity index (χ4n) is 10.1. The van der Waals surface area contributed by atoms with Crippen LogP contribution in [0.4, 0.5) is 0 Å². The molecule has 0 bridgehead atoms. The van der Waals surface area contributed by atoms with E-state index in [1.807, 2.05) is 0 Å². The minimum atomic E-state index is -4.95. The Kier molecular flexibility index (Phi) is 56.6. The fourth-order valence-corrected chi connectivity index (χ4v) is 11.7. The van der Waals surface area contributed by atoms with E-state index in [0.29, 0.717) is 31.6 Å². The van der Waals surface area contributed by atoms with E-state index in [1.165, 1.54) is 128 Å². The Hall–Kier alpha value is -1.94. The molecule has 0 fully saturated rings. The number of rotatable bonds is 65. The molecule has 19 heteroatoms. The van der Waals surface area contributed by atoms with E-state index in [9.17, 15) is 43.2 Å². The molecule has 516 valence electrons. The summed E-state index contributed by atoms with van der Waals surface area (Å²) in [4.78, 5) is 72.4. The van der Waals surface area contributed by atoms with Crippen LogP contribution in [0.5, 0.6) is 0 Å². The first-order chi connectivity index (χ1) is 41.6. The van der Waals surface area contributed by atoms with Gasteiger partial charge >= 0.3 is 39.5 Å². The number of unbranched alkanes of at least 4 members (excludes halogenated alkanes) is 30. The van der Waals surface area contributed by atoms with Gasteiger partial charge in [0.05, 0.1) is 26.4 Å². The third-order valence-electron chi connectivity index (χ3n) is 15.9. The maximum absolute atomic E-state index is 13.0. The maximum atomic E-state index is 13.0. The molecule has 17 nitrogen and oxygen atoms in total. The Labute approximate surface area is 530 Å². The zero-order valence-electron chi connectivity index (χ0n) is 56.6. The lowest BCUT2D eigenvalue weighted by Crippen LogP contribution is -2.30. The molecule has 3 unspecified atom stereocenters. The lowest BCUT2D eigenvalue weighted by atomic mass is 10.00. The number of hydrogen-bond acceptors (Lipinski definition) is 15. The van der Waals surface area contributed by atoms with Gasteiger partial charge in [0.1, 0.15) is 19.3 Å². The van der Waals surface area contributed by atoms with Crippen LogP contribution in [0.2, 0.25) is 0 Å². The Morgan fingerprint density at radius 1 is 0.322 bits per heavy atom. The van der Waals surface area contributed by atoms with Crippen LogP contribution in [0.1, 0.15) is 331 Å². The Balaban J connectivity index is 5.25. The minimum Gasteiger partial charge on any atom is -0.462 e. The fraction of sp³-hybridized carbons (Fsp3) is 0.941. The predicted molar refractivity (Wildman–Crippen MR) is 349 cm³/mol. The van der Waals surface area contributed by atoms with Crippen LogP contribution in [0.3, 0.4) is 0 Å². The Morgan fingerprint density at radius 3 is 0.816 bits per heavy atom. The number of carbonyl (C=O) groups is 4. The second kappa shape index (κ2) is 57.9. The van der Waals surface area contributed by atoms with Crippen molar-refractivity contribution in [2.24, 2.45) is 23.7 Å². The Morgan fingerprint density at radius 2 is 0.552 bits per heavy atom. The van der Waals surface area contributed by atoms with Crippen molar-refractivity contribution in [2.75, 3.05) is 39.6 Å². The summed E-state index contributed by atoms with van der Waals surface area (Å²) in [5.74, 6) is 0.812. The number of hydrogen-bond donors (Lipinski definition) is 3. The van der Waals surface area contributed by atoms with Crippen molar-refractivity contribution in [3.63, 3.8) is 0 Å². The molecule has 0 saturated carbocycles. The summed E-state index contributed by atoms with van der Waals surface area (Å²) in [6, 6.07) is 0. The highest BCUT2D eigenvalue weighted by molar-refractivity contribution is 7.47. The van der Waals surface area contributed by atoms with Gasteiger partial charge in [-0.1, -0.05) is 280 Å². The van der Waals surface area contributed by atoms with Gasteiger partial charge in [0.15, 0.2) is 12.2 Å². The van der Waals surface area contributed by atoms with E-state index in [2.05, 4.69) is 55.4 Å². The summed E-state index contributed by atoms with van der Waals surface area (Å²) < 4.78 is 68.2. The first-order valence-electron chi connectivity index (χ1n) is 35.2. The van der Waals surface area contributed by atoms with Crippen LogP contribution in [0.25, 0.3) is 0 Å². The topological polar surface area (TPSA) is 237 Å². The minimum absolute atomic E-state index is 0.102. The molecule has 0 aromatic heterocycles. The van der Waals surface area contributed by atoms with Crippen molar-refractivity contribution in [3.8, 4) is 0 Å². The summed E-state index contributed by atoms with van der Waals surface area (Å²) in [5, 5.41) is 10.6. The molecule has 0 aromatic carbocycles. The molecule has 0 saturated heterocycles. The van der Waals surface area contributed by atoms with Gasteiger partial charge in [-0.3, -0.25) is 37.3 Å². The number of esters is 4. The summed E-state index contributed by atoms with van der Waals surface area (Å²) in [7, 11) is -9.90. The highest BCUT2D eigenvalue weighted by atomic mass is 31.2. The van der Waals surface area contributed by atoms with Crippen molar-refractivity contribution in [1.82, 2.24) is 0 Å². The zero-order chi connectivity index (χ0) is 64.7. The van der Waals surface area contributed by atoms with E-state index in [-0.39, 0.29) is 25.7 Å². The Bertz CT molecular complexity index is 1730. The third kappa shape index (κ3) is 61.3. The van der Waals surface area contributed by atoms with Crippen molar-refractivity contribution in [1.29, 1.82) is 0 Å². The van der Waals surface area contributed by atoms with Gasteiger partial charge in [-0.15, -0.1) is 0 Å². The smallest absolute Gasteiger partial charge is 0.462 e. The number of phosphoric acid groups is 2. The maximum Gasteiger partial charge on any atom is 0.472 e. The predicted octanol–water partition coefficient (Wildman–Crippen LogP) is 18.9.